The molecule has 1 N–H and O–H groups in total. The lowest BCUT2D eigenvalue weighted by molar-refractivity contribution is -0.274. The Balaban J connectivity index is 2.67. The zero-order valence-electron chi connectivity index (χ0n) is 9.47. The number of esters is 1. The minimum absolute atomic E-state index is 0.240. The molecule has 1 aromatic heterocycles. The first-order valence-electron chi connectivity index (χ1n) is 4.97. The fourth-order valence-electron chi connectivity index (χ4n) is 1.66. The number of carbonyl (C=O) groups excluding carboxylic acids is 1. The Hall–Kier alpha value is -2.25. The van der Waals surface area contributed by atoms with Gasteiger partial charge in [-0.2, -0.15) is 0 Å². The molecule has 0 aliphatic carbocycles. The number of alkyl halides is 3. The van der Waals surface area contributed by atoms with Crippen molar-refractivity contribution in [1.29, 1.82) is 0 Å². The van der Waals surface area contributed by atoms with Crippen LogP contribution >= 0.6 is 0 Å². The molecule has 0 amide bonds. The minimum atomic E-state index is -4.95. The summed E-state index contributed by atoms with van der Waals surface area (Å²) >= 11 is 0. The van der Waals surface area contributed by atoms with Gasteiger partial charge in [-0.15, -0.1) is 13.2 Å². The van der Waals surface area contributed by atoms with Crippen LogP contribution in [0.1, 0.15) is 10.4 Å². The van der Waals surface area contributed by atoms with E-state index in [2.05, 4.69) is 14.5 Å². The molecule has 8 heteroatoms. The number of hydrogen-bond donors (Lipinski definition) is 1. The Morgan fingerprint density at radius 2 is 2.00 bits per heavy atom. The van der Waals surface area contributed by atoms with Gasteiger partial charge in [0.2, 0.25) is 0 Å². The fraction of sp³-hybridized carbons (Fsp3) is 0.182. The maximum absolute atomic E-state index is 13.5. The predicted octanol–water partition coefficient (Wildman–Crippen LogP) is 2.99. The van der Waals surface area contributed by atoms with Crippen LogP contribution in [-0.4, -0.2) is 24.4 Å². The molecule has 0 aliphatic rings. The van der Waals surface area contributed by atoms with Crippen LogP contribution in [0.4, 0.5) is 17.6 Å². The number of fused-ring (bicyclic) bond motifs is 1. The van der Waals surface area contributed by atoms with E-state index in [0.29, 0.717) is 0 Å². The Morgan fingerprint density at radius 3 is 2.58 bits per heavy atom. The highest BCUT2D eigenvalue weighted by molar-refractivity contribution is 6.06. The summed E-state index contributed by atoms with van der Waals surface area (Å²) in [7, 11) is 1.06. The smallest absolute Gasteiger partial charge is 0.465 e. The Morgan fingerprint density at radius 1 is 1.32 bits per heavy atom. The van der Waals surface area contributed by atoms with Gasteiger partial charge in [0.15, 0.2) is 0 Å². The topological polar surface area (TPSA) is 51.3 Å². The molecule has 4 nitrogen and oxygen atoms in total. The van der Waals surface area contributed by atoms with Gasteiger partial charge in [-0.3, -0.25) is 0 Å². The van der Waals surface area contributed by atoms with Gasteiger partial charge in [0.05, 0.1) is 23.6 Å². The molecule has 0 saturated heterocycles. The van der Waals surface area contributed by atoms with Gasteiger partial charge in [0, 0.05) is 6.20 Å². The first kappa shape index (κ1) is 13.2. The summed E-state index contributed by atoms with van der Waals surface area (Å²) in [4.78, 5) is 13.8. The van der Waals surface area contributed by atoms with Crippen LogP contribution in [0.25, 0.3) is 10.9 Å². The maximum atomic E-state index is 13.5. The third-order valence-electron chi connectivity index (χ3n) is 2.38. The van der Waals surface area contributed by atoms with Crippen LogP contribution in [0.5, 0.6) is 5.75 Å². The number of methoxy groups -OCH3 is 1. The van der Waals surface area contributed by atoms with Crippen molar-refractivity contribution in [2.45, 2.75) is 6.36 Å². The van der Waals surface area contributed by atoms with E-state index in [1.165, 1.54) is 0 Å². The van der Waals surface area contributed by atoms with Crippen LogP contribution < -0.4 is 4.74 Å². The van der Waals surface area contributed by atoms with Gasteiger partial charge in [0.25, 0.3) is 0 Å². The number of aromatic nitrogens is 1. The SMILES string of the molecule is COC(=O)c1c[nH]c2c(F)ccc(OC(F)(F)F)c12. The highest BCUT2D eigenvalue weighted by Crippen LogP contribution is 2.34. The van der Waals surface area contributed by atoms with Gasteiger partial charge in [-0.25, -0.2) is 9.18 Å². The molecule has 0 aliphatic heterocycles. The van der Waals surface area contributed by atoms with Crippen molar-refractivity contribution in [3.63, 3.8) is 0 Å². The number of rotatable bonds is 2. The molecule has 102 valence electrons. The number of carbonyl (C=O) groups is 1. The van der Waals surface area contributed by atoms with E-state index in [4.69, 9.17) is 0 Å². The van der Waals surface area contributed by atoms with Crippen LogP contribution in [0.2, 0.25) is 0 Å². The molecule has 0 saturated carbocycles. The lowest BCUT2D eigenvalue weighted by Crippen LogP contribution is -2.17. The molecule has 0 bridgehead atoms. The zero-order valence-corrected chi connectivity index (χ0v) is 9.47. The van der Waals surface area contributed by atoms with Crippen molar-refractivity contribution in [1.82, 2.24) is 4.98 Å². The van der Waals surface area contributed by atoms with Crippen molar-refractivity contribution in [2.75, 3.05) is 7.11 Å². The highest BCUT2D eigenvalue weighted by atomic mass is 19.4. The van der Waals surface area contributed by atoms with Crippen LogP contribution in [0, 0.1) is 5.82 Å². The summed E-state index contributed by atoms with van der Waals surface area (Å²) in [6, 6.07) is 1.60. The molecular formula is C11H7F4NO3. The number of nitrogens with one attached hydrogen (secondary N) is 1. The molecule has 0 fully saturated rings. The van der Waals surface area contributed by atoms with Gasteiger partial charge >= 0.3 is 12.3 Å². The summed E-state index contributed by atoms with van der Waals surface area (Å²) in [6.07, 6.45) is -3.89. The number of halogens is 4. The summed E-state index contributed by atoms with van der Waals surface area (Å²) in [5, 5.41) is -0.316. The van der Waals surface area contributed by atoms with Gasteiger partial charge < -0.3 is 14.5 Å². The highest BCUT2D eigenvalue weighted by Gasteiger charge is 2.33. The van der Waals surface area contributed by atoms with Crippen LogP contribution in [0.15, 0.2) is 18.3 Å². The second-order valence-electron chi connectivity index (χ2n) is 3.54. The largest absolute Gasteiger partial charge is 0.573 e. The zero-order chi connectivity index (χ0) is 14.2. The van der Waals surface area contributed by atoms with E-state index in [1.54, 1.807) is 0 Å². The van der Waals surface area contributed by atoms with E-state index in [0.717, 1.165) is 25.4 Å². The third kappa shape index (κ3) is 2.47. The summed E-state index contributed by atoms with van der Waals surface area (Å²) in [6.45, 7) is 0. The fourth-order valence-corrected chi connectivity index (χ4v) is 1.66. The Bertz CT molecular complexity index is 633. The van der Waals surface area contributed by atoms with Crippen LogP contribution in [-0.2, 0) is 4.74 Å². The number of H-pyrrole nitrogens is 1. The van der Waals surface area contributed by atoms with Crippen LogP contribution in [0.3, 0.4) is 0 Å². The molecular weight excluding hydrogens is 270 g/mol. The molecule has 1 heterocycles. The first-order valence-corrected chi connectivity index (χ1v) is 4.97. The quantitative estimate of drug-likeness (QED) is 0.678. The molecule has 0 unspecified atom stereocenters. The Labute approximate surface area is 103 Å². The van der Waals surface area contributed by atoms with E-state index >= 15 is 0 Å². The maximum Gasteiger partial charge on any atom is 0.573 e. The molecule has 2 rings (SSSR count). The molecule has 0 radical (unpaired) electrons. The minimum Gasteiger partial charge on any atom is -0.465 e. The van der Waals surface area contributed by atoms with Gasteiger partial charge in [0.1, 0.15) is 11.6 Å². The number of aromatic amines is 1. The van der Waals surface area contributed by atoms with Crippen molar-refractivity contribution >= 4 is 16.9 Å². The first-order chi connectivity index (χ1) is 8.83. The lowest BCUT2D eigenvalue weighted by atomic mass is 10.1. The normalized spacial score (nSPS) is 11.6. The van der Waals surface area contributed by atoms with Gasteiger partial charge in [-0.05, 0) is 12.1 Å². The lowest BCUT2D eigenvalue weighted by Gasteiger charge is -2.10. The van der Waals surface area contributed by atoms with E-state index in [1.807, 2.05) is 0 Å². The van der Waals surface area contributed by atoms with Gasteiger partial charge in [-0.1, -0.05) is 0 Å². The van der Waals surface area contributed by atoms with E-state index < -0.39 is 23.9 Å². The number of ether oxygens (including phenoxy) is 2. The number of benzene rings is 1. The third-order valence-corrected chi connectivity index (χ3v) is 2.38. The second kappa shape index (κ2) is 4.45. The Kier molecular flexibility index (Phi) is 3.09. The van der Waals surface area contributed by atoms with Crippen molar-refractivity contribution in [3.8, 4) is 5.75 Å². The second-order valence-corrected chi connectivity index (χ2v) is 3.54. The summed E-state index contributed by atoms with van der Waals surface area (Å²) < 4.78 is 58.4. The predicted molar refractivity (Wildman–Crippen MR) is 56.3 cm³/mol. The molecule has 0 spiro atoms. The molecule has 0 atom stereocenters. The molecule has 2 aromatic rings. The number of hydrogen-bond acceptors (Lipinski definition) is 3. The summed E-state index contributed by atoms with van der Waals surface area (Å²) in [5.41, 5.74) is -0.501. The summed E-state index contributed by atoms with van der Waals surface area (Å²) in [5.74, 6) is -2.38. The molecule has 1 aromatic carbocycles. The van der Waals surface area contributed by atoms with Crippen molar-refractivity contribution < 1.29 is 31.8 Å². The van der Waals surface area contributed by atoms with E-state index in [-0.39, 0.29) is 16.5 Å². The average molecular weight is 277 g/mol. The standard InChI is InChI=1S/C11H7F4NO3/c1-18-10(17)5-4-16-9-6(12)2-3-7(8(5)9)19-11(13,14)15/h2-4,16H,1H3. The average Bonchev–Trinajstić information content (AvgIpc) is 2.76. The van der Waals surface area contributed by atoms with Crippen molar-refractivity contribution in [2.24, 2.45) is 0 Å². The van der Waals surface area contributed by atoms with Crippen molar-refractivity contribution in [3.05, 3.63) is 29.7 Å². The monoisotopic (exact) mass is 277 g/mol. The molecule has 19 heavy (non-hydrogen) atoms. The van der Waals surface area contributed by atoms with E-state index in [9.17, 15) is 22.4 Å².